The Bertz CT molecular complexity index is 614. The van der Waals surface area contributed by atoms with E-state index >= 15 is 0 Å². The van der Waals surface area contributed by atoms with Gasteiger partial charge in [-0.3, -0.25) is 9.67 Å². The zero-order valence-corrected chi connectivity index (χ0v) is 11.9. The van der Waals surface area contributed by atoms with Gasteiger partial charge in [-0.25, -0.2) is 10.8 Å². The molecule has 19 heavy (non-hydrogen) atoms. The Morgan fingerprint density at radius 1 is 1.37 bits per heavy atom. The molecule has 0 amide bonds. The standard InChI is InChI=1S/C11H12Cl2N6/c1-15-11(18-14)7-5-16-19(2)10(7)6-3-8(12)17-9(13)4-6/h3-5H,14H2,1-2H3,(H,15,18). The molecule has 0 radical (unpaired) electrons. The van der Waals surface area contributed by atoms with Crippen molar-refractivity contribution in [1.29, 1.82) is 0 Å². The Labute approximate surface area is 120 Å². The topological polar surface area (TPSA) is 81.1 Å². The van der Waals surface area contributed by atoms with Crippen LogP contribution in [0.25, 0.3) is 11.3 Å². The van der Waals surface area contributed by atoms with Gasteiger partial charge >= 0.3 is 0 Å². The first-order valence-electron chi connectivity index (χ1n) is 5.36. The molecule has 2 heterocycles. The molecule has 0 unspecified atom stereocenters. The normalized spacial score (nSPS) is 11.7. The van der Waals surface area contributed by atoms with Crippen molar-refractivity contribution in [1.82, 2.24) is 20.2 Å². The Morgan fingerprint density at radius 2 is 2.00 bits per heavy atom. The highest BCUT2D eigenvalue weighted by Gasteiger charge is 2.16. The fraction of sp³-hybridized carbons (Fsp3) is 0.182. The average Bonchev–Trinajstić information content (AvgIpc) is 2.72. The molecule has 0 spiro atoms. The lowest BCUT2D eigenvalue weighted by molar-refractivity contribution is 0.775. The first kappa shape index (κ1) is 13.8. The Balaban J connectivity index is 2.65. The second-order valence-corrected chi connectivity index (χ2v) is 4.52. The summed E-state index contributed by atoms with van der Waals surface area (Å²) in [4.78, 5) is 7.99. The van der Waals surface area contributed by atoms with Crippen LogP contribution in [0.4, 0.5) is 0 Å². The fourth-order valence-electron chi connectivity index (χ4n) is 1.82. The van der Waals surface area contributed by atoms with Gasteiger partial charge in [-0.15, -0.1) is 0 Å². The maximum absolute atomic E-state index is 5.92. The molecule has 100 valence electrons. The highest BCUT2D eigenvalue weighted by atomic mass is 35.5. The van der Waals surface area contributed by atoms with Crippen molar-refractivity contribution < 1.29 is 0 Å². The number of hydrogen-bond acceptors (Lipinski definition) is 4. The first-order valence-corrected chi connectivity index (χ1v) is 6.11. The van der Waals surface area contributed by atoms with Crippen LogP contribution in [-0.2, 0) is 7.05 Å². The van der Waals surface area contributed by atoms with Crippen molar-refractivity contribution >= 4 is 29.0 Å². The summed E-state index contributed by atoms with van der Waals surface area (Å²) in [6.07, 6.45) is 1.67. The minimum atomic E-state index is 0.311. The number of nitrogens with two attached hydrogens (primary N) is 1. The van der Waals surface area contributed by atoms with Gasteiger partial charge in [0, 0.05) is 19.7 Å². The van der Waals surface area contributed by atoms with Crippen LogP contribution in [-0.4, -0.2) is 27.6 Å². The van der Waals surface area contributed by atoms with E-state index in [4.69, 9.17) is 29.0 Å². The van der Waals surface area contributed by atoms with Crippen molar-refractivity contribution in [2.75, 3.05) is 7.05 Å². The number of pyridine rings is 1. The zero-order valence-electron chi connectivity index (χ0n) is 10.4. The van der Waals surface area contributed by atoms with Crippen LogP contribution in [0.1, 0.15) is 5.56 Å². The van der Waals surface area contributed by atoms with Crippen LogP contribution in [0.5, 0.6) is 0 Å². The lowest BCUT2D eigenvalue weighted by Gasteiger charge is -2.08. The van der Waals surface area contributed by atoms with Gasteiger partial charge in [0.25, 0.3) is 0 Å². The third kappa shape index (κ3) is 2.70. The SMILES string of the molecule is CN=C(NN)c1cnn(C)c1-c1cc(Cl)nc(Cl)c1. The van der Waals surface area contributed by atoms with Crippen LogP contribution in [0.3, 0.4) is 0 Å². The summed E-state index contributed by atoms with van der Waals surface area (Å²) in [5, 5.41) is 4.82. The molecule has 2 rings (SSSR count). The average molecular weight is 299 g/mol. The van der Waals surface area contributed by atoms with E-state index in [1.807, 2.05) is 7.05 Å². The number of amidine groups is 1. The van der Waals surface area contributed by atoms with Gasteiger partial charge in [0.1, 0.15) is 16.1 Å². The lowest BCUT2D eigenvalue weighted by atomic mass is 10.1. The first-order chi connectivity index (χ1) is 9.06. The Kier molecular flexibility index (Phi) is 4.04. The summed E-state index contributed by atoms with van der Waals surface area (Å²) in [6.45, 7) is 0. The third-order valence-corrected chi connectivity index (χ3v) is 2.98. The van der Waals surface area contributed by atoms with E-state index < -0.39 is 0 Å². The van der Waals surface area contributed by atoms with Crippen LogP contribution in [0.2, 0.25) is 10.3 Å². The predicted octanol–water partition coefficient (Wildman–Crippen LogP) is 1.63. The quantitative estimate of drug-likeness (QED) is 0.290. The molecule has 0 aliphatic carbocycles. The zero-order chi connectivity index (χ0) is 14.0. The number of halogens is 2. The molecular formula is C11H12Cl2N6. The molecule has 0 aromatic carbocycles. The third-order valence-electron chi connectivity index (χ3n) is 2.59. The van der Waals surface area contributed by atoms with E-state index in [1.54, 1.807) is 30.1 Å². The largest absolute Gasteiger partial charge is 0.308 e. The van der Waals surface area contributed by atoms with Gasteiger partial charge in [0.2, 0.25) is 0 Å². The van der Waals surface area contributed by atoms with E-state index in [-0.39, 0.29) is 0 Å². The maximum Gasteiger partial charge on any atom is 0.146 e. The van der Waals surface area contributed by atoms with Crippen molar-refractivity contribution in [2.45, 2.75) is 0 Å². The summed E-state index contributed by atoms with van der Waals surface area (Å²) in [5.74, 6) is 5.97. The number of hydrogen-bond donors (Lipinski definition) is 2. The Morgan fingerprint density at radius 3 is 2.53 bits per heavy atom. The molecule has 8 heteroatoms. The second kappa shape index (κ2) is 5.56. The van der Waals surface area contributed by atoms with Crippen molar-refractivity contribution in [3.63, 3.8) is 0 Å². The summed E-state index contributed by atoms with van der Waals surface area (Å²) >= 11 is 11.8. The van der Waals surface area contributed by atoms with Gasteiger partial charge in [0.15, 0.2) is 0 Å². The second-order valence-electron chi connectivity index (χ2n) is 3.75. The van der Waals surface area contributed by atoms with Crippen LogP contribution >= 0.6 is 23.2 Å². The van der Waals surface area contributed by atoms with Crippen LogP contribution in [0, 0.1) is 0 Å². The predicted molar refractivity (Wildman–Crippen MR) is 76.2 cm³/mol. The van der Waals surface area contributed by atoms with Crippen molar-refractivity contribution in [2.24, 2.45) is 17.9 Å². The monoisotopic (exact) mass is 298 g/mol. The molecule has 0 saturated carbocycles. The minimum Gasteiger partial charge on any atom is -0.308 e. The molecule has 2 aromatic rings. The molecule has 0 bridgehead atoms. The molecule has 0 aliphatic heterocycles. The van der Waals surface area contributed by atoms with Crippen molar-refractivity contribution in [3.8, 4) is 11.3 Å². The molecule has 0 fully saturated rings. The number of hydrazine groups is 1. The molecule has 0 saturated heterocycles. The summed E-state index contributed by atoms with van der Waals surface area (Å²) in [5.41, 5.74) is 4.88. The summed E-state index contributed by atoms with van der Waals surface area (Å²) in [6, 6.07) is 3.41. The summed E-state index contributed by atoms with van der Waals surface area (Å²) in [7, 11) is 3.45. The molecule has 0 aliphatic rings. The highest BCUT2D eigenvalue weighted by molar-refractivity contribution is 6.32. The van der Waals surface area contributed by atoms with Crippen molar-refractivity contribution in [3.05, 3.63) is 34.2 Å². The lowest BCUT2D eigenvalue weighted by Crippen LogP contribution is -2.31. The molecule has 3 N–H and O–H groups in total. The fourth-order valence-corrected chi connectivity index (χ4v) is 2.28. The van der Waals surface area contributed by atoms with Gasteiger partial charge < -0.3 is 5.43 Å². The summed E-state index contributed by atoms with van der Waals surface area (Å²) < 4.78 is 1.69. The molecular weight excluding hydrogens is 287 g/mol. The number of nitrogens with zero attached hydrogens (tertiary/aromatic N) is 4. The van der Waals surface area contributed by atoms with E-state index in [9.17, 15) is 0 Å². The van der Waals surface area contributed by atoms with E-state index in [1.165, 1.54) is 0 Å². The van der Waals surface area contributed by atoms with Crippen LogP contribution in [0.15, 0.2) is 23.3 Å². The number of rotatable bonds is 2. The highest BCUT2D eigenvalue weighted by Crippen LogP contribution is 2.27. The minimum absolute atomic E-state index is 0.311. The van der Waals surface area contributed by atoms with Crippen LogP contribution < -0.4 is 11.3 Å². The van der Waals surface area contributed by atoms with E-state index in [0.717, 1.165) is 16.8 Å². The molecule has 6 nitrogen and oxygen atoms in total. The number of aliphatic imine (C=N–C) groups is 1. The van der Waals surface area contributed by atoms with Gasteiger partial charge in [0.05, 0.1) is 17.5 Å². The van der Waals surface area contributed by atoms with Gasteiger partial charge in [-0.2, -0.15) is 5.10 Å². The molecule has 0 atom stereocenters. The van der Waals surface area contributed by atoms with E-state index in [2.05, 4.69) is 20.5 Å². The number of aryl methyl sites for hydroxylation is 1. The smallest absolute Gasteiger partial charge is 0.146 e. The van der Waals surface area contributed by atoms with Gasteiger partial charge in [-0.05, 0) is 12.1 Å². The number of aromatic nitrogens is 3. The van der Waals surface area contributed by atoms with Gasteiger partial charge in [-0.1, -0.05) is 23.2 Å². The maximum atomic E-state index is 5.92. The number of nitrogens with one attached hydrogen (secondary N) is 1. The molecule has 2 aromatic heterocycles. The Hall–Kier alpha value is -1.63. The van der Waals surface area contributed by atoms with E-state index in [0.29, 0.717) is 16.1 Å².